The average molecular weight is 537 g/mol. The Bertz CT molecular complexity index is 1740. The number of aromatic amines is 1. The molecule has 2 aromatic heterocycles. The minimum absolute atomic E-state index is 0.0977. The number of aromatic nitrogens is 3. The molecule has 0 aliphatic rings. The van der Waals surface area contributed by atoms with Crippen LogP contribution in [0.4, 0.5) is 13.9 Å². The predicted octanol–water partition coefficient (Wildman–Crippen LogP) is 5.16. The number of oxazole rings is 1. The number of anilines is 1. The maximum absolute atomic E-state index is 14.9. The maximum Gasteiger partial charge on any atom is 0.417 e. The SMILES string of the molecule is O=c1[nH]c2cc(-c3cc(Cl)ccc3Oc3cc(F)c(S(=O)(=O)Nc4ncns4)cc3F)ccc2o1. The fourth-order valence-electron chi connectivity index (χ4n) is 3.24. The predicted molar refractivity (Wildman–Crippen MR) is 124 cm³/mol. The topological polar surface area (TPSA) is 127 Å². The molecule has 0 spiro atoms. The van der Waals surface area contributed by atoms with Crippen molar-refractivity contribution in [2.75, 3.05) is 4.72 Å². The molecule has 9 nitrogen and oxygen atoms in total. The molecule has 2 N–H and O–H groups in total. The Labute approximate surface area is 204 Å². The van der Waals surface area contributed by atoms with E-state index in [1.54, 1.807) is 18.2 Å². The number of nitrogens with zero attached hydrogens (tertiary/aromatic N) is 2. The van der Waals surface area contributed by atoms with Crippen LogP contribution in [0.2, 0.25) is 5.02 Å². The molecule has 14 heteroatoms. The fourth-order valence-corrected chi connectivity index (χ4v) is 5.14. The molecule has 0 aliphatic heterocycles. The van der Waals surface area contributed by atoms with E-state index >= 15 is 0 Å². The monoisotopic (exact) mass is 536 g/mol. The zero-order valence-electron chi connectivity index (χ0n) is 17.1. The highest BCUT2D eigenvalue weighted by atomic mass is 35.5. The number of hydrogen-bond donors (Lipinski definition) is 2. The van der Waals surface area contributed by atoms with Crippen LogP contribution in [0.1, 0.15) is 0 Å². The Balaban J connectivity index is 1.52. The van der Waals surface area contributed by atoms with Gasteiger partial charge in [-0.2, -0.15) is 4.37 Å². The van der Waals surface area contributed by atoms with E-state index in [1.807, 2.05) is 4.72 Å². The largest absolute Gasteiger partial charge is 0.454 e. The Kier molecular flexibility index (Phi) is 5.75. The van der Waals surface area contributed by atoms with Gasteiger partial charge in [0.1, 0.15) is 22.8 Å². The smallest absolute Gasteiger partial charge is 0.417 e. The van der Waals surface area contributed by atoms with Crippen LogP contribution >= 0.6 is 23.1 Å². The van der Waals surface area contributed by atoms with Gasteiger partial charge in [0.2, 0.25) is 5.13 Å². The van der Waals surface area contributed by atoms with E-state index in [0.29, 0.717) is 39.4 Å². The third-order valence-electron chi connectivity index (χ3n) is 4.75. The summed E-state index contributed by atoms with van der Waals surface area (Å²) in [6.07, 6.45) is 1.11. The standard InChI is InChI=1S/C21H11ClF2N4O5S2/c22-11-2-4-16(12(6-11)10-1-3-17-15(5-10)27-21(29)33-17)32-18-7-14(24)19(8-13(18)23)35(30,31)28-20-25-9-26-34-20/h1-9H,(H,27,29)(H,25,26,28). The van der Waals surface area contributed by atoms with Crippen molar-refractivity contribution in [3.8, 4) is 22.6 Å². The first-order valence-corrected chi connectivity index (χ1v) is 12.2. The van der Waals surface area contributed by atoms with Crippen molar-refractivity contribution in [2.45, 2.75) is 4.90 Å². The Morgan fingerprint density at radius 3 is 2.66 bits per heavy atom. The molecule has 0 bridgehead atoms. The fraction of sp³-hybridized carbons (Fsp3) is 0. The number of rotatable bonds is 6. The molecule has 5 aromatic rings. The van der Waals surface area contributed by atoms with E-state index < -0.39 is 38.1 Å². The number of hydrogen-bond acceptors (Lipinski definition) is 8. The number of fused-ring (bicyclic) bond motifs is 1. The van der Waals surface area contributed by atoms with Gasteiger partial charge in [0, 0.05) is 34.3 Å². The quantitative estimate of drug-likeness (QED) is 0.306. The molecular weight excluding hydrogens is 526 g/mol. The highest BCUT2D eigenvalue weighted by Gasteiger charge is 2.24. The lowest BCUT2D eigenvalue weighted by Gasteiger charge is -2.14. The summed E-state index contributed by atoms with van der Waals surface area (Å²) in [5, 5.41) is 0.232. The summed E-state index contributed by atoms with van der Waals surface area (Å²) in [6, 6.07) is 10.4. The molecule has 0 amide bonds. The minimum Gasteiger partial charge on any atom is -0.454 e. The number of H-pyrrole nitrogens is 1. The van der Waals surface area contributed by atoms with Crippen molar-refractivity contribution < 1.29 is 26.4 Å². The summed E-state index contributed by atoms with van der Waals surface area (Å²) in [6.45, 7) is 0. The van der Waals surface area contributed by atoms with E-state index in [4.69, 9.17) is 20.8 Å². The van der Waals surface area contributed by atoms with Crippen molar-refractivity contribution in [1.29, 1.82) is 0 Å². The highest BCUT2D eigenvalue weighted by molar-refractivity contribution is 7.93. The lowest BCUT2D eigenvalue weighted by atomic mass is 10.0. The van der Waals surface area contributed by atoms with Crippen LogP contribution in [0.25, 0.3) is 22.2 Å². The normalized spacial score (nSPS) is 11.6. The first-order chi connectivity index (χ1) is 16.7. The van der Waals surface area contributed by atoms with Gasteiger partial charge in [-0.15, -0.1) is 0 Å². The van der Waals surface area contributed by atoms with Gasteiger partial charge in [0.25, 0.3) is 10.0 Å². The first-order valence-electron chi connectivity index (χ1n) is 9.59. The summed E-state index contributed by atoms with van der Waals surface area (Å²) < 4.78 is 70.8. The van der Waals surface area contributed by atoms with Gasteiger partial charge in [-0.1, -0.05) is 17.7 Å². The van der Waals surface area contributed by atoms with Crippen LogP contribution in [0, 0.1) is 11.6 Å². The van der Waals surface area contributed by atoms with E-state index in [9.17, 15) is 22.0 Å². The van der Waals surface area contributed by atoms with E-state index in [1.165, 1.54) is 18.2 Å². The highest BCUT2D eigenvalue weighted by Crippen LogP contribution is 2.38. The van der Waals surface area contributed by atoms with E-state index in [2.05, 4.69) is 14.3 Å². The molecule has 2 heterocycles. The molecule has 0 saturated heterocycles. The molecule has 0 atom stereocenters. The van der Waals surface area contributed by atoms with Gasteiger partial charge in [0.15, 0.2) is 17.1 Å². The zero-order chi connectivity index (χ0) is 24.7. The van der Waals surface area contributed by atoms with Crippen molar-refractivity contribution in [3.05, 3.63) is 82.1 Å². The Morgan fingerprint density at radius 2 is 1.89 bits per heavy atom. The summed E-state index contributed by atoms with van der Waals surface area (Å²) in [4.78, 5) is 16.7. The minimum atomic E-state index is -4.47. The van der Waals surface area contributed by atoms with Crippen LogP contribution in [-0.4, -0.2) is 22.8 Å². The molecule has 0 unspecified atom stereocenters. The molecule has 35 heavy (non-hydrogen) atoms. The summed E-state index contributed by atoms with van der Waals surface area (Å²) in [7, 11) is -4.47. The number of halogens is 3. The number of nitrogens with one attached hydrogen (secondary N) is 2. The van der Waals surface area contributed by atoms with E-state index in [0.717, 1.165) is 17.9 Å². The first kappa shape index (κ1) is 23.0. The second-order valence-corrected chi connectivity index (χ2v) is 9.90. The van der Waals surface area contributed by atoms with Crippen molar-refractivity contribution in [1.82, 2.24) is 14.3 Å². The second kappa shape index (κ2) is 8.76. The second-order valence-electron chi connectivity index (χ2n) is 7.03. The number of sulfonamides is 1. The Hall–Kier alpha value is -3.81. The third-order valence-corrected chi connectivity index (χ3v) is 7.05. The summed E-state index contributed by atoms with van der Waals surface area (Å²) in [5.74, 6) is -3.46. The van der Waals surface area contributed by atoms with Gasteiger partial charge in [0.05, 0.1) is 5.52 Å². The number of benzene rings is 3. The maximum atomic E-state index is 14.9. The zero-order valence-corrected chi connectivity index (χ0v) is 19.5. The molecule has 0 aliphatic carbocycles. The van der Waals surface area contributed by atoms with Crippen LogP contribution in [0.5, 0.6) is 11.5 Å². The summed E-state index contributed by atoms with van der Waals surface area (Å²) >= 11 is 6.86. The number of ether oxygens (including phenoxy) is 1. The molecule has 0 saturated carbocycles. The molecule has 0 radical (unpaired) electrons. The molecule has 5 rings (SSSR count). The average Bonchev–Trinajstić information content (AvgIpc) is 3.44. The Morgan fingerprint density at radius 1 is 1.06 bits per heavy atom. The molecule has 0 fully saturated rings. The molecular formula is C21H11ClF2N4O5S2. The van der Waals surface area contributed by atoms with Crippen molar-refractivity contribution in [2.24, 2.45) is 0 Å². The van der Waals surface area contributed by atoms with E-state index in [-0.39, 0.29) is 10.9 Å². The lowest BCUT2D eigenvalue weighted by Crippen LogP contribution is -2.15. The van der Waals surface area contributed by atoms with Crippen LogP contribution in [0.15, 0.2) is 69.0 Å². The molecule has 3 aromatic carbocycles. The third kappa shape index (κ3) is 4.60. The van der Waals surface area contributed by atoms with Crippen LogP contribution in [-0.2, 0) is 10.0 Å². The van der Waals surface area contributed by atoms with Gasteiger partial charge >= 0.3 is 5.76 Å². The van der Waals surface area contributed by atoms with Crippen molar-refractivity contribution in [3.63, 3.8) is 0 Å². The van der Waals surface area contributed by atoms with Gasteiger partial charge < -0.3 is 9.15 Å². The van der Waals surface area contributed by atoms with Gasteiger partial charge in [-0.3, -0.25) is 9.71 Å². The summed E-state index contributed by atoms with van der Waals surface area (Å²) in [5.41, 5.74) is 1.67. The van der Waals surface area contributed by atoms with Crippen LogP contribution in [0.3, 0.4) is 0 Å². The van der Waals surface area contributed by atoms with Gasteiger partial charge in [-0.25, -0.2) is 27.0 Å². The van der Waals surface area contributed by atoms with Crippen LogP contribution < -0.4 is 15.2 Å². The lowest BCUT2D eigenvalue weighted by molar-refractivity contribution is 0.433. The van der Waals surface area contributed by atoms with Gasteiger partial charge in [-0.05, 0) is 35.9 Å². The molecule has 178 valence electrons. The van der Waals surface area contributed by atoms with Crippen molar-refractivity contribution >= 4 is 49.4 Å².